The minimum Gasteiger partial charge on any atom is -0.472 e. The van der Waals surface area contributed by atoms with Crippen molar-refractivity contribution in [3.63, 3.8) is 0 Å². The molecule has 0 spiro atoms. The Labute approximate surface area is 195 Å². The SMILES string of the molecule is C[C@@H]1CN([C@@H](C)CO)C(=O)c2cc(/C=C/c3ccccc3)cnc2O[C@@H]1CN(C)S(C)(=O)=O. The first-order valence-electron chi connectivity index (χ1n) is 10.8. The largest absolute Gasteiger partial charge is 0.472 e. The van der Waals surface area contributed by atoms with Crippen molar-refractivity contribution in [3.05, 3.63) is 59.3 Å². The fourth-order valence-corrected chi connectivity index (χ4v) is 3.99. The van der Waals surface area contributed by atoms with E-state index in [-0.39, 0.29) is 36.4 Å². The van der Waals surface area contributed by atoms with Gasteiger partial charge in [-0.2, -0.15) is 0 Å². The molecule has 0 unspecified atom stereocenters. The number of sulfonamides is 1. The van der Waals surface area contributed by atoms with Crippen LogP contribution in [0.1, 0.15) is 35.3 Å². The monoisotopic (exact) mass is 473 g/mol. The Morgan fingerprint density at radius 1 is 1.27 bits per heavy atom. The lowest BCUT2D eigenvalue weighted by molar-refractivity contribution is 0.0373. The molecule has 0 aliphatic carbocycles. The van der Waals surface area contributed by atoms with Gasteiger partial charge in [-0.25, -0.2) is 17.7 Å². The Morgan fingerprint density at radius 2 is 1.94 bits per heavy atom. The van der Waals surface area contributed by atoms with Gasteiger partial charge in [0.1, 0.15) is 11.7 Å². The molecule has 1 aliphatic heterocycles. The zero-order valence-electron chi connectivity index (χ0n) is 19.4. The lowest BCUT2D eigenvalue weighted by atomic mass is 10.00. The number of carbonyl (C=O) groups excluding carboxylic acids is 1. The summed E-state index contributed by atoms with van der Waals surface area (Å²) in [5.41, 5.74) is 2.02. The van der Waals surface area contributed by atoms with E-state index in [1.54, 1.807) is 24.1 Å². The summed E-state index contributed by atoms with van der Waals surface area (Å²) < 4.78 is 31.3. The number of rotatable bonds is 7. The maximum atomic E-state index is 13.4. The minimum absolute atomic E-state index is 0.117. The molecule has 0 fully saturated rings. The van der Waals surface area contributed by atoms with Crippen LogP contribution >= 0.6 is 0 Å². The number of ether oxygens (including phenoxy) is 1. The van der Waals surface area contributed by atoms with Crippen molar-refractivity contribution in [1.29, 1.82) is 0 Å². The van der Waals surface area contributed by atoms with Crippen LogP contribution in [0.2, 0.25) is 0 Å². The minimum atomic E-state index is -3.41. The molecule has 1 aromatic carbocycles. The van der Waals surface area contributed by atoms with E-state index in [1.165, 1.54) is 11.4 Å². The second-order valence-electron chi connectivity index (χ2n) is 8.53. The highest BCUT2D eigenvalue weighted by atomic mass is 32.2. The van der Waals surface area contributed by atoms with E-state index in [2.05, 4.69) is 4.98 Å². The van der Waals surface area contributed by atoms with Gasteiger partial charge in [-0.3, -0.25) is 4.79 Å². The summed E-state index contributed by atoms with van der Waals surface area (Å²) in [6, 6.07) is 11.1. The summed E-state index contributed by atoms with van der Waals surface area (Å²) in [6.07, 6.45) is 6.03. The van der Waals surface area contributed by atoms with Crippen LogP contribution in [0.15, 0.2) is 42.6 Å². The van der Waals surface area contributed by atoms with Crippen molar-refractivity contribution in [2.75, 3.05) is 33.0 Å². The highest BCUT2D eigenvalue weighted by Crippen LogP contribution is 2.28. The normalized spacial score (nSPS) is 20.3. The highest BCUT2D eigenvalue weighted by molar-refractivity contribution is 7.88. The molecular weight excluding hydrogens is 442 g/mol. The maximum absolute atomic E-state index is 13.4. The van der Waals surface area contributed by atoms with Crippen LogP contribution in [0, 0.1) is 5.92 Å². The first-order valence-corrected chi connectivity index (χ1v) is 12.7. The molecule has 0 saturated carbocycles. The molecule has 8 nitrogen and oxygen atoms in total. The summed E-state index contributed by atoms with van der Waals surface area (Å²) in [6.45, 7) is 3.91. The van der Waals surface area contributed by atoms with Crippen LogP contribution in [-0.4, -0.2) is 78.8 Å². The third-order valence-corrected chi connectivity index (χ3v) is 7.09. The molecule has 2 aromatic rings. The molecule has 3 atom stereocenters. The van der Waals surface area contributed by atoms with Gasteiger partial charge < -0.3 is 14.7 Å². The van der Waals surface area contributed by atoms with E-state index in [9.17, 15) is 18.3 Å². The molecule has 1 aromatic heterocycles. The maximum Gasteiger partial charge on any atom is 0.259 e. The van der Waals surface area contributed by atoms with Gasteiger partial charge in [-0.15, -0.1) is 0 Å². The van der Waals surface area contributed by atoms with E-state index in [1.807, 2.05) is 49.4 Å². The Balaban J connectivity index is 1.99. The Bertz CT molecular complexity index is 1100. The van der Waals surface area contributed by atoms with Gasteiger partial charge >= 0.3 is 0 Å². The summed E-state index contributed by atoms with van der Waals surface area (Å²) in [4.78, 5) is 19.4. The second-order valence-corrected chi connectivity index (χ2v) is 10.6. The predicted octanol–water partition coefficient (Wildman–Crippen LogP) is 2.36. The van der Waals surface area contributed by atoms with Crippen LogP contribution in [0.4, 0.5) is 0 Å². The Hall–Kier alpha value is -2.75. The van der Waals surface area contributed by atoms with Gasteiger partial charge in [0.05, 0.1) is 25.4 Å². The van der Waals surface area contributed by atoms with Gasteiger partial charge in [0.15, 0.2) is 0 Å². The van der Waals surface area contributed by atoms with Gasteiger partial charge in [0.25, 0.3) is 5.91 Å². The second kappa shape index (κ2) is 10.5. The topological polar surface area (TPSA) is 100 Å². The third kappa shape index (κ3) is 6.19. The third-order valence-electron chi connectivity index (χ3n) is 5.81. The molecule has 1 aliphatic rings. The number of aliphatic hydroxyl groups is 1. The zero-order valence-corrected chi connectivity index (χ0v) is 20.2. The lowest BCUT2D eigenvalue weighted by Crippen LogP contribution is -2.50. The molecular formula is C24H31N3O5S. The van der Waals surface area contributed by atoms with Gasteiger partial charge in [-0.05, 0) is 24.1 Å². The Morgan fingerprint density at radius 3 is 2.58 bits per heavy atom. The summed E-state index contributed by atoms with van der Waals surface area (Å²) >= 11 is 0. The summed E-state index contributed by atoms with van der Waals surface area (Å²) in [5, 5.41) is 9.74. The number of fused-ring (bicyclic) bond motifs is 1. The molecule has 2 heterocycles. The van der Waals surface area contributed by atoms with Gasteiger partial charge in [0.2, 0.25) is 15.9 Å². The standard InChI is InChI=1S/C24H31N3O5S/c1-17-14-27(18(2)16-28)24(29)21-12-20(11-10-19-8-6-5-7-9-19)13-25-23(21)32-22(17)15-26(3)33(4,30)31/h5-13,17-18,22,28H,14-16H2,1-4H3/b11-10+/t17-,18+,22-/m1/s1. The fraction of sp³-hybridized carbons (Fsp3) is 0.417. The molecule has 1 N–H and O–H groups in total. The lowest BCUT2D eigenvalue weighted by Gasteiger charge is -2.37. The van der Waals surface area contributed by atoms with Crippen molar-refractivity contribution in [3.8, 4) is 5.88 Å². The van der Waals surface area contributed by atoms with Crippen LogP contribution < -0.4 is 4.74 Å². The smallest absolute Gasteiger partial charge is 0.259 e. The number of aliphatic hydroxyl groups excluding tert-OH is 1. The van der Waals surface area contributed by atoms with E-state index >= 15 is 0 Å². The van der Waals surface area contributed by atoms with Gasteiger partial charge in [0, 0.05) is 25.7 Å². The average molecular weight is 474 g/mol. The highest BCUT2D eigenvalue weighted by Gasteiger charge is 2.35. The predicted molar refractivity (Wildman–Crippen MR) is 128 cm³/mol. The van der Waals surface area contributed by atoms with Crippen molar-refractivity contribution in [2.45, 2.75) is 26.0 Å². The van der Waals surface area contributed by atoms with Gasteiger partial charge in [-0.1, -0.05) is 49.4 Å². The summed E-state index contributed by atoms with van der Waals surface area (Å²) in [5.74, 6) is -0.319. The molecule has 1 amide bonds. The van der Waals surface area contributed by atoms with E-state index < -0.39 is 22.2 Å². The number of pyridine rings is 1. The van der Waals surface area contributed by atoms with Crippen molar-refractivity contribution in [1.82, 2.24) is 14.2 Å². The van der Waals surface area contributed by atoms with Crippen LogP contribution in [0.5, 0.6) is 5.88 Å². The molecule has 0 radical (unpaired) electrons. The number of benzene rings is 1. The number of hydrogen-bond donors (Lipinski definition) is 1. The molecule has 33 heavy (non-hydrogen) atoms. The zero-order chi connectivity index (χ0) is 24.2. The number of nitrogens with zero attached hydrogens (tertiary/aromatic N) is 3. The van der Waals surface area contributed by atoms with Crippen molar-refractivity contribution < 1.29 is 23.1 Å². The number of carbonyl (C=O) groups is 1. The number of amides is 1. The molecule has 0 saturated heterocycles. The van der Waals surface area contributed by atoms with E-state index in [4.69, 9.17) is 4.74 Å². The number of hydrogen-bond acceptors (Lipinski definition) is 6. The molecule has 0 bridgehead atoms. The van der Waals surface area contributed by atoms with Crippen molar-refractivity contribution >= 4 is 28.1 Å². The van der Waals surface area contributed by atoms with Crippen molar-refractivity contribution in [2.24, 2.45) is 5.92 Å². The number of aromatic nitrogens is 1. The quantitative estimate of drug-likeness (QED) is 0.663. The molecule has 9 heteroatoms. The van der Waals surface area contributed by atoms with Crippen LogP contribution in [-0.2, 0) is 10.0 Å². The van der Waals surface area contributed by atoms with E-state index in [0.29, 0.717) is 6.54 Å². The number of likely N-dealkylation sites (N-methyl/N-ethyl adjacent to an activating group) is 1. The van der Waals surface area contributed by atoms with E-state index in [0.717, 1.165) is 17.4 Å². The van der Waals surface area contributed by atoms with Crippen LogP contribution in [0.3, 0.4) is 0 Å². The van der Waals surface area contributed by atoms with Crippen LogP contribution in [0.25, 0.3) is 12.2 Å². The Kier molecular flexibility index (Phi) is 7.88. The average Bonchev–Trinajstić information content (AvgIpc) is 2.79. The first kappa shape index (κ1) is 24.9. The fourth-order valence-electron chi connectivity index (χ4n) is 3.57. The summed E-state index contributed by atoms with van der Waals surface area (Å²) in [7, 11) is -1.91. The first-order chi connectivity index (χ1) is 15.6. The molecule has 3 rings (SSSR count). The molecule has 178 valence electrons.